The van der Waals surface area contributed by atoms with Gasteiger partial charge in [0.2, 0.25) is 0 Å². The fourth-order valence-electron chi connectivity index (χ4n) is 5.73. The van der Waals surface area contributed by atoms with Crippen LogP contribution in [0.25, 0.3) is 0 Å². The molecule has 1 aromatic carbocycles. The van der Waals surface area contributed by atoms with Gasteiger partial charge < -0.3 is 14.2 Å². The van der Waals surface area contributed by atoms with Crippen molar-refractivity contribution < 1.29 is 18.4 Å². The minimum Gasteiger partial charge on any atom is -0.469 e. The predicted octanol–water partition coefficient (Wildman–Crippen LogP) is 5.67. The van der Waals surface area contributed by atoms with Crippen molar-refractivity contribution in [3.05, 3.63) is 106 Å². The Hall–Kier alpha value is -3.60. The maximum Gasteiger partial charge on any atom is 0.162 e. The van der Waals surface area contributed by atoms with Gasteiger partial charge in [-0.2, -0.15) is 0 Å². The number of rotatable bonds is 3. The van der Waals surface area contributed by atoms with Crippen LogP contribution in [0.2, 0.25) is 0 Å². The zero-order valence-electron chi connectivity index (χ0n) is 18.5. The number of hydrogen-bond acceptors (Lipinski definition) is 5. The van der Waals surface area contributed by atoms with Gasteiger partial charge in [-0.3, -0.25) is 9.59 Å². The van der Waals surface area contributed by atoms with Crippen LogP contribution in [0.1, 0.15) is 66.1 Å². The summed E-state index contributed by atoms with van der Waals surface area (Å²) >= 11 is 0. The van der Waals surface area contributed by atoms with E-state index in [-0.39, 0.29) is 29.3 Å². The molecule has 3 heterocycles. The molecule has 0 spiro atoms. The monoisotopic (exact) mass is 439 g/mol. The zero-order chi connectivity index (χ0) is 22.5. The Balaban J connectivity index is 1.46. The molecule has 0 bridgehead atoms. The number of hydrogen-bond donors (Lipinski definition) is 1. The molecule has 0 unspecified atom stereocenters. The second-order valence-corrected chi connectivity index (χ2v) is 9.34. The maximum atomic E-state index is 13.5. The van der Waals surface area contributed by atoms with Crippen molar-refractivity contribution in [3.8, 4) is 0 Å². The van der Waals surface area contributed by atoms with Gasteiger partial charge in [-0.15, -0.1) is 0 Å². The van der Waals surface area contributed by atoms with Gasteiger partial charge in [-0.05, 0) is 49.6 Å². The van der Waals surface area contributed by atoms with Crippen LogP contribution < -0.4 is 5.32 Å². The zero-order valence-corrected chi connectivity index (χ0v) is 18.5. The van der Waals surface area contributed by atoms with E-state index in [2.05, 4.69) is 11.4 Å². The molecule has 2 aromatic heterocycles. The number of allylic oxidation sites excluding steroid dienone is 4. The average Bonchev–Trinajstić information content (AvgIpc) is 3.52. The normalized spacial score (nSPS) is 23.4. The molecule has 1 N–H and O–H groups in total. The van der Waals surface area contributed by atoms with Crippen molar-refractivity contribution in [2.24, 2.45) is 0 Å². The molecular weight excluding hydrogens is 414 g/mol. The largest absolute Gasteiger partial charge is 0.469 e. The first-order valence-electron chi connectivity index (χ1n) is 11.5. The van der Waals surface area contributed by atoms with Gasteiger partial charge in [0.1, 0.15) is 11.5 Å². The van der Waals surface area contributed by atoms with Crippen molar-refractivity contribution in [2.75, 3.05) is 0 Å². The standard InChI is InChI=1S/C28H25NO4/c1-16-5-2-6-17(11-16)26-27-20(12-18(14-22(27)30)24-7-3-9-32-24)29-21-13-19(15-23(31)28(21)26)25-8-4-10-33-25/h2-11,18-19,26,29H,12-15H2,1H3/t18-,19-/m1/s1. The lowest BCUT2D eigenvalue weighted by atomic mass is 9.68. The first-order valence-corrected chi connectivity index (χ1v) is 11.5. The Morgan fingerprint density at radius 3 is 1.82 bits per heavy atom. The predicted molar refractivity (Wildman–Crippen MR) is 122 cm³/mol. The number of aryl methyl sites for hydroxylation is 1. The fraction of sp³-hybridized carbons (Fsp3) is 0.286. The molecule has 0 radical (unpaired) electrons. The molecule has 33 heavy (non-hydrogen) atoms. The highest BCUT2D eigenvalue weighted by Crippen LogP contribution is 2.49. The Labute approximate surface area is 192 Å². The lowest BCUT2D eigenvalue weighted by molar-refractivity contribution is -0.117. The Bertz CT molecular complexity index is 1220. The lowest BCUT2D eigenvalue weighted by Gasteiger charge is -2.40. The van der Waals surface area contributed by atoms with Crippen LogP contribution in [0, 0.1) is 6.92 Å². The van der Waals surface area contributed by atoms with E-state index in [1.165, 1.54) is 0 Å². The van der Waals surface area contributed by atoms with E-state index in [0.717, 1.165) is 45.2 Å². The summed E-state index contributed by atoms with van der Waals surface area (Å²) in [6, 6.07) is 15.8. The van der Waals surface area contributed by atoms with Crippen LogP contribution in [0.15, 0.2) is 92.4 Å². The summed E-state index contributed by atoms with van der Waals surface area (Å²) in [4.78, 5) is 27.1. The third-order valence-corrected chi connectivity index (χ3v) is 7.16. The van der Waals surface area contributed by atoms with Gasteiger partial charge in [0.15, 0.2) is 11.6 Å². The minimum absolute atomic E-state index is 0.000720. The summed E-state index contributed by atoms with van der Waals surface area (Å²) in [7, 11) is 0. The van der Waals surface area contributed by atoms with E-state index in [9.17, 15) is 9.59 Å². The van der Waals surface area contributed by atoms with Crippen LogP contribution >= 0.6 is 0 Å². The highest BCUT2D eigenvalue weighted by Gasteiger charge is 2.44. The van der Waals surface area contributed by atoms with E-state index in [1.54, 1.807) is 12.5 Å². The molecule has 2 aliphatic carbocycles. The van der Waals surface area contributed by atoms with E-state index in [1.807, 2.05) is 49.4 Å². The maximum absolute atomic E-state index is 13.5. The first-order chi connectivity index (χ1) is 16.1. The minimum atomic E-state index is -0.328. The Morgan fingerprint density at radius 2 is 1.33 bits per heavy atom. The molecule has 2 atom stereocenters. The number of carbonyl (C=O) groups is 2. The fourth-order valence-corrected chi connectivity index (χ4v) is 5.73. The molecule has 3 aliphatic rings. The third-order valence-electron chi connectivity index (χ3n) is 7.16. The SMILES string of the molecule is Cc1cccc(C2C3=C(C[C@@H](c4ccco4)CC3=O)NC3=C2C(=O)C[C@H](c2ccco2)C3)c1. The summed E-state index contributed by atoms with van der Waals surface area (Å²) in [5.74, 6) is 1.51. The second-order valence-electron chi connectivity index (χ2n) is 9.34. The average molecular weight is 440 g/mol. The topological polar surface area (TPSA) is 72.5 Å². The molecule has 0 saturated heterocycles. The number of benzene rings is 1. The number of furan rings is 2. The van der Waals surface area contributed by atoms with E-state index in [4.69, 9.17) is 8.83 Å². The molecule has 0 amide bonds. The molecule has 1 aliphatic heterocycles. The van der Waals surface area contributed by atoms with Gasteiger partial charge in [0, 0.05) is 53.1 Å². The number of dihydropyridines is 1. The first kappa shape index (κ1) is 20.0. The summed E-state index contributed by atoms with van der Waals surface area (Å²) in [6.45, 7) is 2.04. The molecule has 3 aromatic rings. The van der Waals surface area contributed by atoms with Gasteiger partial charge >= 0.3 is 0 Å². The summed E-state index contributed by atoms with van der Waals surface area (Å²) < 4.78 is 11.3. The van der Waals surface area contributed by atoms with Crippen molar-refractivity contribution in [1.29, 1.82) is 0 Å². The molecule has 6 rings (SSSR count). The van der Waals surface area contributed by atoms with Crippen LogP contribution in [0.4, 0.5) is 0 Å². The van der Waals surface area contributed by atoms with E-state index in [0.29, 0.717) is 25.7 Å². The van der Waals surface area contributed by atoms with Crippen molar-refractivity contribution in [3.63, 3.8) is 0 Å². The van der Waals surface area contributed by atoms with Gasteiger partial charge in [0.25, 0.3) is 0 Å². The van der Waals surface area contributed by atoms with Crippen LogP contribution in [0.5, 0.6) is 0 Å². The Kier molecular flexibility index (Phi) is 4.72. The molecule has 5 nitrogen and oxygen atoms in total. The summed E-state index contributed by atoms with van der Waals surface area (Å²) in [5, 5.41) is 3.55. The number of Topliss-reactive ketones (excluding diaryl/α,β-unsaturated/α-hetero) is 2. The number of nitrogens with one attached hydrogen (secondary N) is 1. The molecule has 5 heteroatoms. The number of ketones is 2. The van der Waals surface area contributed by atoms with Crippen molar-refractivity contribution >= 4 is 11.6 Å². The van der Waals surface area contributed by atoms with Crippen molar-refractivity contribution in [1.82, 2.24) is 5.32 Å². The molecule has 166 valence electrons. The van der Waals surface area contributed by atoms with E-state index < -0.39 is 0 Å². The quantitative estimate of drug-likeness (QED) is 0.569. The Morgan fingerprint density at radius 1 is 0.758 bits per heavy atom. The number of carbonyl (C=O) groups excluding carboxylic acids is 2. The molecular formula is C28H25NO4. The van der Waals surface area contributed by atoms with Crippen molar-refractivity contribution in [2.45, 2.75) is 50.4 Å². The second kappa shape index (κ2) is 7.77. The lowest BCUT2D eigenvalue weighted by Crippen LogP contribution is -2.38. The van der Waals surface area contributed by atoms with Gasteiger partial charge in [-0.1, -0.05) is 29.8 Å². The van der Waals surface area contributed by atoms with E-state index >= 15 is 0 Å². The highest BCUT2D eigenvalue weighted by atomic mass is 16.3. The van der Waals surface area contributed by atoms with Gasteiger partial charge in [0.05, 0.1) is 12.5 Å². The van der Waals surface area contributed by atoms with Crippen LogP contribution in [-0.2, 0) is 9.59 Å². The van der Waals surface area contributed by atoms with Gasteiger partial charge in [-0.25, -0.2) is 0 Å². The summed E-state index contributed by atoms with van der Waals surface area (Å²) in [5.41, 5.74) is 5.45. The smallest absolute Gasteiger partial charge is 0.162 e. The molecule has 0 saturated carbocycles. The van der Waals surface area contributed by atoms with Crippen LogP contribution in [-0.4, -0.2) is 11.6 Å². The molecule has 0 fully saturated rings. The highest BCUT2D eigenvalue weighted by molar-refractivity contribution is 6.06. The summed E-state index contributed by atoms with van der Waals surface area (Å²) in [6.07, 6.45) is 5.47. The third kappa shape index (κ3) is 3.39. The van der Waals surface area contributed by atoms with Crippen LogP contribution in [0.3, 0.4) is 0 Å².